The molecule has 0 aliphatic heterocycles. The molecule has 0 spiro atoms. The van der Waals surface area contributed by atoms with Crippen molar-refractivity contribution in [2.75, 3.05) is 12.9 Å². The molecule has 0 saturated heterocycles. The monoisotopic (exact) mass is 363 g/mol. The Balaban J connectivity index is 2.79. The Morgan fingerprint density at radius 2 is 2.05 bits per heavy atom. The van der Waals surface area contributed by atoms with E-state index in [4.69, 9.17) is 11.6 Å². The Bertz CT molecular complexity index is 656. The summed E-state index contributed by atoms with van der Waals surface area (Å²) in [6, 6.07) is 6.24. The second kappa shape index (κ2) is 8.82. The van der Waals surface area contributed by atoms with Gasteiger partial charge in [-0.05, 0) is 17.7 Å². The second-order valence-corrected chi connectivity index (χ2v) is 6.89. The van der Waals surface area contributed by atoms with Gasteiger partial charge in [0, 0.05) is 10.8 Å². The molecule has 1 aromatic carbocycles. The van der Waals surface area contributed by atoms with Crippen LogP contribution < -0.4 is 0 Å². The van der Waals surface area contributed by atoms with Crippen LogP contribution in [0.4, 0.5) is 0 Å². The number of halogens is 1. The maximum atomic E-state index is 11.8. The minimum Gasteiger partial charge on any atom is -0.464 e. The van der Waals surface area contributed by atoms with Crippen LogP contribution >= 0.6 is 23.4 Å². The number of carbonyl (C=O) groups is 1. The van der Waals surface area contributed by atoms with E-state index in [1.54, 1.807) is 24.3 Å². The zero-order valence-corrected chi connectivity index (χ0v) is 14.1. The van der Waals surface area contributed by atoms with Gasteiger partial charge in [0.1, 0.15) is 5.75 Å². The number of carbonyl (C=O) groups excluding carboxylic acids is 1. The summed E-state index contributed by atoms with van der Waals surface area (Å²) in [7, 11) is -2.83. The van der Waals surface area contributed by atoms with E-state index in [9.17, 15) is 13.2 Å². The average Bonchev–Trinajstić information content (AvgIpc) is 2.48. The number of oxime groups is 1. The summed E-state index contributed by atoms with van der Waals surface area (Å²) in [4.78, 5) is 11.4. The molecular formula is C13H14ClNO5S2. The smallest absolute Gasteiger partial charge is 0.366 e. The maximum absolute atomic E-state index is 11.8. The molecular weight excluding hydrogens is 350 g/mol. The molecule has 0 aliphatic rings. The molecule has 0 bridgehead atoms. The summed E-state index contributed by atoms with van der Waals surface area (Å²) in [6.07, 6.45) is 1.53. The van der Waals surface area contributed by atoms with Crippen LogP contribution in [0, 0.1) is 0 Å². The summed E-state index contributed by atoms with van der Waals surface area (Å²) in [6.45, 7) is 3.49. The van der Waals surface area contributed by atoms with Crippen LogP contribution in [0.3, 0.4) is 0 Å². The van der Waals surface area contributed by atoms with E-state index >= 15 is 0 Å². The molecule has 0 saturated carbocycles. The molecule has 0 fully saturated rings. The zero-order valence-electron chi connectivity index (χ0n) is 11.7. The van der Waals surface area contributed by atoms with Gasteiger partial charge in [0.15, 0.2) is 0 Å². The van der Waals surface area contributed by atoms with Crippen molar-refractivity contribution in [3.63, 3.8) is 0 Å². The number of hydrogen-bond donors (Lipinski definition) is 0. The lowest BCUT2D eigenvalue weighted by Gasteiger charge is -2.04. The van der Waals surface area contributed by atoms with E-state index in [0.29, 0.717) is 16.3 Å². The van der Waals surface area contributed by atoms with Gasteiger partial charge in [0.05, 0.1) is 7.11 Å². The van der Waals surface area contributed by atoms with Gasteiger partial charge in [-0.2, -0.15) is 8.42 Å². The van der Waals surface area contributed by atoms with Crippen LogP contribution in [-0.2, 0) is 29.7 Å². The largest absolute Gasteiger partial charge is 0.464 e. The highest BCUT2D eigenvalue weighted by molar-refractivity contribution is 8.15. The molecule has 6 nitrogen and oxygen atoms in total. The van der Waals surface area contributed by atoms with Crippen molar-refractivity contribution in [1.29, 1.82) is 0 Å². The third-order valence-electron chi connectivity index (χ3n) is 2.19. The minimum absolute atomic E-state index is 0.206. The molecule has 0 heterocycles. The number of nitrogens with zero attached hydrogens (tertiary/aromatic N) is 1. The third kappa shape index (κ3) is 6.50. The lowest BCUT2D eigenvalue weighted by Crippen LogP contribution is -2.15. The molecule has 0 unspecified atom stereocenters. The lowest BCUT2D eigenvalue weighted by molar-refractivity contribution is -0.132. The van der Waals surface area contributed by atoms with Gasteiger partial charge in [-0.25, -0.2) is 4.79 Å². The normalized spacial score (nSPS) is 11.8. The van der Waals surface area contributed by atoms with E-state index in [-0.39, 0.29) is 5.04 Å². The zero-order chi connectivity index (χ0) is 16.6. The molecule has 0 amide bonds. The quantitative estimate of drug-likeness (QED) is 0.254. The van der Waals surface area contributed by atoms with Crippen molar-refractivity contribution in [2.24, 2.45) is 5.16 Å². The standard InChI is InChI=1S/C13H14ClNO5S2/c1-3-8-21-12(13(16)19-2)15-20-22(17,18)9-10-4-6-11(14)7-5-10/h3-7H,1,8-9H2,2H3. The maximum Gasteiger partial charge on any atom is 0.366 e. The fraction of sp³-hybridized carbons (Fsp3) is 0.231. The van der Waals surface area contributed by atoms with E-state index in [1.807, 2.05) is 0 Å². The van der Waals surface area contributed by atoms with Crippen molar-refractivity contribution in [3.05, 3.63) is 47.5 Å². The first kappa shape index (κ1) is 18.5. The van der Waals surface area contributed by atoms with Gasteiger partial charge in [-0.1, -0.05) is 46.7 Å². The highest BCUT2D eigenvalue weighted by Gasteiger charge is 2.17. The third-order valence-corrected chi connectivity index (χ3v) is 4.35. The van der Waals surface area contributed by atoms with Crippen LogP contribution in [0.5, 0.6) is 0 Å². The number of benzene rings is 1. The first-order valence-electron chi connectivity index (χ1n) is 5.93. The molecule has 9 heteroatoms. The highest BCUT2D eigenvalue weighted by Crippen LogP contribution is 2.14. The van der Waals surface area contributed by atoms with Crippen molar-refractivity contribution in [3.8, 4) is 0 Å². The average molecular weight is 364 g/mol. The first-order chi connectivity index (χ1) is 10.4. The van der Waals surface area contributed by atoms with E-state index < -0.39 is 21.8 Å². The molecule has 0 aliphatic carbocycles. The lowest BCUT2D eigenvalue weighted by atomic mass is 10.2. The minimum atomic E-state index is -3.99. The molecule has 120 valence electrons. The summed E-state index contributed by atoms with van der Waals surface area (Å²) < 4.78 is 32.7. The van der Waals surface area contributed by atoms with Crippen molar-refractivity contribution < 1.29 is 22.2 Å². The molecule has 0 aromatic heterocycles. The van der Waals surface area contributed by atoms with Gasteiger partial charge in [-0.3, -0.25) is 4.28 Å². The van der Waals surface area contributed by atoms with Crippen molar-refractivity contribution in [2.45, 2.75) is 5.75 Å². The summed E-state index contributed by atoms with van der Waals surface area (Å²) >= 11 is 6.67. The molecule has 0 N–H and O–H groups in total. The van der Waals surface area contributed by atoms with Crippen molar-refractivity contribution >= 4 is 44.5 Å². The predicted molar refractivity (Wildman–Crippen MR) is 87.3 cm³/mol. The molecule has 0 radical (unpaired) electrons. The SMILES string of the molecule is C=CCSC(=NOS(=O)(=O)Cc1ccc(Cl)cc1)C(=O)OC. The summed E-state index contributed by atoms with van der Waals surface area (Å²) in [5.41, 5.74) is 0.484. The van der Waals surface area contributed by atoms with Crippen LogP contribution in [0.15, 0.2) is 42.1 Å². The number of rotatable bonds is 6. The van der Waals surface area contributed by atoms with Gasteiger partial charge >= 0.3 is 16.1 Å². The fourth-order valence-corrected chi connectivity index (χ4v) is 2.83. The predicted octanol–water partition coefficient (Wildman–Crippen LogP) is 2.59. The number of hydrogen-bond acceptors (Lipinski definition) is 7. The highest BCUT2D eigenvalue weighted by atomic mass is 35.5. The Kier molecular flexibility index (Phi) is 7.43. The number of ether oxygens (including phenoxy) is 1. The Morgan fingerprint density at radius 1 is 1.41 bits per heavy atom. The number of thioether (sulfide) groups is 1. The van der Waals surface area contributed by atoms with Crippen LogP contribution in [-0.4, -0.2) is 32.3 Å². The van der Waals surface area contributed by atoms with E-state index in [1.165, 1.54) is 6.08 Å². The molecule has 1 aromatic rings. The topological polar surface area (TPSA) is 82.0 Å². The second-order valence-electron chi connectivity index (χ2n) is 3.89. The van der Waals surface area contributed by atoms with Gasteiger partial charge in [-0.15, -0.1) is 6.58 Å². The Hall–Kier alpha value is -1.51. The van der Waals surface area contributed by atoms with Gasteiger partial charge in [0.2, 0.25) is 5.04 Å². The summed E-state index contributed by atoms with van der Waals surface area (Å²) in [5.74, 6) is -0.823. The van der Waals surface area contributed by atoms with Crippen molar-refractivity contribution in [1.82, 2.24) is 0 Å². The molecule has 0 atom stereocenters. The Labute approximate surface area is 138 Å². The fourth-order valence-electron chi connectivity index (χ4n) is 1.25. The van der Waals surface area contributed by atoms with E-state index in [2.05, 4.69) is 20.8 Å². The van der Waals surface area contributed by atoms with Gasteiger partial charge in [0.25, 0.3) is 0 Å². The summed E-state index contributed by atoms with van der Waals surface area (Å²) in [5, 5.41) is 3.65. The number of esters is 1. The van der Waals surface area contributed by atoms with E-state index in [0.717, 1.165) is 18.9 Å². The van der Waals surface area contributed by atoms with Gasteiger partial charge < -0.3 is 4.74 Å². The molecule has 22 heavy (non-hydrogen) atoms. The van der Waals surface area contributed by atoms with Crippen LogP contribution in [0.25, 0.3) is 0 Å². The molecule has 1 rings (SSSR count). The first-order valence-corrected chi connectivity index (χ1v) is 8.88. The van der Waals surface area contributed by atoms with Crippen LogP contribution in [0.2, 0.25) is 5.02 Å². The van der Waals surface area contributed by atoms with Crippen LogP contribution in [0.1, 0.15) is 5.56 Å². The number of methoxy groups -OCH3 is 1. The Morgan fingerprint density at radius 3 is 2.59 bits per heavy atom.